The van der Waals surface area contributed by atoms with Crippen LogP contribution in [0, 0.1) is 0 Å². The minimum Gasteiger partial charge on any atom is -0.493 e. The van der Waals surface area contributed by atoms with Gasteiger partial charge in [0.2, 0.25) is 5.91 Å². The van der Waals surface area contributed by atoms with Crippen LogP contribution in [0.4, 0.5) is 8.78 Å². The molecule has 6 heteroatoms. The fourth-order valence-corrected chi connectivity index (χ4v) is 2.03. The van der Waals surface area contributed by atoms with Gasteiger partial charge in [0.05, 0.1) is 25.6 Å². The number of fused-ring (bicyclic) bond motifs is 1. The van der Waals surface area contributed by atoms with Gasteiger partial charge in [-0.3, -0.25) is 4.79 Å². The van der Waals surface area contributed by atoms with Crippen LogP contribution in [0.1, 0.15) is 17.9 Å². The number of hydrogen-bond donors (Lipinski definition) is 2. The second-order valence-corrected chi connectivity index (χ2v) is 4.51. The summed E-state index contributed by atoms with van der Waals surface area (Å²) in [6.45, 7) is -1.11. The van der Waals surface area contributed by atoms with E-state index in [0.717, 1.165) is 5.56 Å². The molecule has 0 saturated heterocycles. The summed E-state index contributed by atoms with van der Waals surface area (Å²) < 4.78 is 31.4. The van der Waals surface area contributed by atoms with Gasteiger partial charge in [0.25, 0.3) is 5.92 Å². The van der Waals surface area contributed by atoms with E-state index in [-0.39, 0.29) is 0 Å². The summed E-state index contributed by atoms with van der Waals surface area (Å²) in [5.74, 6) is -3.29. The van der Waals surface area contributed by atoms with Gasteiger partial charge in [-0.1, -0.05) is 18.2 Å². The third-order valence-electron chi connectivity index (χ3n) is 3.09. The molecule has 104 valence electrons. The predicted octanol–water partition coefficient (Wildman–Crippen LogP) is 1.26. The van der Waals surface area contributed by atoms with E-state index in [1.165, 1.54) is 0 Å². The molecule has 3 N–H and O–H groups in total. The zero-order valence-electron chi connectivity index (χ0n) is 10.4. The van der Waals surface area contributed by atoms with E-state index in [1.54, 1.807) is 18.2 Å². The van der Waals surface area contributed by atoms with Gasteiger partial charge in [0.1, 0.15) is 5.75 Å². The Morgan fingerprint density at radius 3 is 2.95 bits per heavy atom. The van der Waals surface area contributed by atoms with Gasteiger partial charge >= 0.3 is 0 Å². The maximum Gasteiger partial charge on any atom is 0.277 e. The largest absolute Gasteiger partial charge is 0.493 e. The quantitative estimate of drug-likeness (QED) is 0.865. The van der Waals surface area contributed by atoms with Gasteiger partial charge in [-0.05, 0) is 12.5 Å². The standard InChI is InChI=1S/C13H16F2N2O2/c14-13(15,7-16)8-17-12(18)10-5-6-19-11-4-2-1-3-9(10)11/h1-4,10H,5-8,16H2,(H,17,18)/t10-/m1/s1. The van der Waals surface area contributed by atoms with Crippen molar-refractivity contribution < 1.29 is 18.3 Å². The lowest BCUT2D eigenvalue weighted by Crippen LogP contribution is -2.43. The van der Waals surface area contributed by atoms with Crippen LogP contribution >= 0.6 is 0 Å². The maximum atomic E-state index is 13.0. The molecular weight excluding hydrogens is 254 g/mol. The Kier molecular flexibility index (Phi) is 3.99. The number of nitrogens with one attached hydrogen (secondary N) is 1. The normalized spacial score (nSPS) is 18.4. The van der Waals surface area contributed by atoms with Crippen molar-refractivity contribution in [1.29, 1.82) is 0 Å². The van der Waals surface area contributed by atoms with Crippen molar-refractivity contribution >= 4 is 5.91 Å². The molecule has 0 radical (unpaired) electrons. The number of alkyl halides is 2. The number of nitrogens with two attached hydrogens (primary N) is 1. The van der Waals surface area contributed by atoms with E-state index in [0.29, 0.717) is 18.8 Å². The summed E-state index contributed by atoms with van der Waals surface area (Å²) in [5.41, 5.74) is 5.66. The SMILES string of the molecule is NCC(F)(F)CNC(=O)[C@@H]1CCOc2ccccc21. The van der Waals surface area contributed by atoms with Gasteiger partial charge in [0.15, 0.2) is 0 Å². The van der Waals surface area contributed by atoms with Crippen molar-refractivity contribution in [2.45, 2.75) is 18.3 Å². The predicted molar refractivity (Wildman–Crippen MR) is 66.3 cm³/mol. The van der Waals surface area contributed by atoms with Crippen LogP contribution < -0.4 is 15.8 Å². The number of para-hydroxylation sites is 1. The number of rotatable bonds is 4. The van der Waals surface area contributed by atoms with E-state index < -0.39 is 30.8 Å². The first-order valence-electron chi connectivity index (χ1n) is 6.11. The third kappa shape index (κ3) is 3.20. The van der Waals surface area contributed by atoms with E-state index in [2.05, 4.69) is 5.32 Å². The first-order valence-corrected chi connectivity index (χ1v) is 6.11. The molecule has 0 bridgehead atoms. The highest BCUT2D eigenvalue weighted by atomic mass is 19.3. The Balaban J connectivity index is 2.05. The Labute approximate surface area is 109 Å². The molecule has 1 aromatic rings. The maximum absolute atomic E-state index is 13.0. The number of amides is 1. The third-order valence-corrected chi connectivity index (χ3v) is 3.09. The monoisotopic (exact) mass is 270 g/mol. The molecule has 1 atom stereocenters. The molecule has 0 fully saturated rings. The van der Waals surface area contributed by atoms with Crippen LogP contribution in [0.5, 0.6) is 5.75 Å². The summed E-state index contributed by atoms with van der Waals surface area (Å²) in [7, 11) is 0. The number of carbonyl (C=O) groups excluding carboxylic acids is 1. The molecule has 0 saturated carbocycles. The highest BCUT2D eigenvalue weighted by Crippen LogP contribution is 2.33. The van der Waals surface area contributed by atoms with Crippen molar-refractivity contribution in [3.05, 3.63) is 29.8 Å². The van der Waals surface area contributed by atoms with Crippen LogP contribution in [-0.4, -0.2) is 31.5 Å². The number of carbonyl (C=O) groups is 1. The molecule has 1 heterocycles. The van der Waals surface area contributed by atoms with Crippen LogP contribution in [0.2, 0.25) is 0 Å². The van der Waals surface area contributed by atoms with Crippen LogP contribution in [0.25, 0.3) is 0 Å². The summed E-state index contributed by atoms with van der Waals surface area (Å²) in [5, 5.41) is 2.26. The highest BCUT2D eigenvalue weighted by molar-refractivity contribution is 5.84. The molecular formula is C13H16F2N2O2. The van der Waals surface area contributed by atoms with Crippen molar-refractivity contribution in [2.75, 3.05) is 19.7 Å². The van der Waals surface area contributed by atoms with Crippen molar-refractivity contribution in [3.63, 3.8) is 0 Å². The molecule has 0 aromatic heterocycles. The molecule has 19 heavy (non-hydrogen) atoms. The minimum atomic E-state index is -3.07. The first kappa shape index (κ1) is 13.7. The van der Waals surface area contributed by atoms with Gasteiger partial charge in [-0.15, -0.1) is 0 Å². The van der Waals surface area contributed by atoms with Crippen LogP contribution in [-0.2, 0) is 4.79 Å². The molecule has 0 aliphatic carbocycles. The first-order chi connectivity index (χ1) is 9.03. The molecule has 1 aliphatic heterocycles. The van der Waals surface area contributed by atoms with E-state index in [4.69, 9.17) is 10.5 Å². The summed E-state index contributed by atoms with van der Waals surface area (Å²) in [6, 6.07) is 7.15. The zero-order valence-corrected chi connectivity index (χ0v) is 10.4. The molecule has 1 amide bonds. The molecule has 2 rings (SSSR count). The Hall–Kier alpha value is -1.69. The Bertz CT molecular complexity index is 466. The molecule has 0 spiro atoms. The van der Waals surface area contributed by atoms with Crippen molar-refractivity contribution in [2.24, 2.45) is 5.73 Å². The summed E-state index contributed by atoms with van der Waals surface area (Å²) >= 11 is 0. The molecule has 4 nitrogen and oxygen atoms in total. The molecule has 1 aliphatic rings. The van der Waals surface area contributed by atoms with E-state index in [9.17, 15) is 13.6 Å². The topological polar surface area (TPSA) is 64.3 Å². The highest BCUT2D eigenvalue weighted by Gasteiger charge is 2.31. The van der Waals surface area contributed by atoms with Crippen molar-refractivity contribution in [1.82, 2.24) is 5.32 Å². The van der Waals surface area contributed by atoms with Crippen LogP contribution in [0.15, 0.2) is 24.3 Å². The zero-order chi connectivity index (χ0) is 13.9. The second kappa shape index (κ2) is 5.52. The Morgan fingerprint density at radius 2 is 2.21 bits per heavy atom. The molecule has 1 aromatic carbocycles. The van der Waals surface area contributed by atoms with E-state index in [1.807, 2.05) is 6.07 Å². The average molecular weight is 270 g/mol. The number of halogens is 2. The lowest BCUT2D eigenvalue weighted by atomic mass is 9.92. The second-order valence-electron chi connectivity index (χ2n) is 4.51. The van der Waals surface area contributed by atoms with Gasteiger partial charge in [-0.2, -0.15) is 0 Å². The Morgan fingerprint density at radius 1 is 1.47 bits per heavy atom. The number of hydrogen-bond acceptors (Lipinski definition) is 3. The molecule has 0 unspecified atom stereocenters. The van der Waals surface area contributed by atoms with E-state index >= 15 is 0 Å². The fourth-order valence-electron chi connectivity index (χ4n) is 2.03. The average Bonchev–Trinajstić information content (AvgIpc) is 2.44. The smallest absolute Gasteiger partial charge is 0.277 e. The number of ether oxygens (including phenoxy) is 1. The van der Waals surface area contributed by atoms with Gasteiger partial charge in [-0.25, -0.2) is 8.78 Å². The van der Waals surface area contributed by atoms with Crippen LogP contribution in [0.3, 0.4) is 0 Å². The van der Waals surface area contributed by atoms with Gasteiger partial charge in [0, 0.05) is 5.56 Å². The van der Waals surface area contributed by atoms with Crippen molar-refractivity contribution in [3.8, 4) is 5.75 Å². The minimum absolute atomic E-state index is 0.405. The van der Waals surface area contributed by atoms with Gasteiger partial charge < -0.3 is 15.8 Å². The lowest BCUT2D eigenvalue weighted by molar-refractivity contribution is -0.125. The fraction of sp³-hybridized carbons (Fsp3) is 0.462. The number of benzene rings is 1. The lowest BCUT2D eigenvalue weighted by Gasteiger charge is -2.25. The summed E-state index contributed by atoms with van der Waals surface area (Å²) in [4.78, 5) is 12.0. The summed E-state index contributed by atoms with van der Waals surface area (Å²) in [6.07, 6.45) is 0.483.